The summed E-state index contributed by atoms with van der Waals surface area (Å²) in [4.78, 5) is 36.7. The van der Waals surface area contributed by atoms with Crippen molar-refractivity contribution >= 4 is 23.5 Å². The predicted octanol–water partition coefficient (Wildman–Crippen LogP) is 1.10. The Kier molecular flexibility index (Phi) is 6.11. The van der Waals surface area contributed by atoms with Crippen LogP contribution in [-0.2, 0) is 11.3 Å². The van der Waals surface area contributed by atoms with E-state index in [1.54, 1.807) is 14.1 Å². The van der Waals surface area contributed by atoms with Crippen molar-refractivity contribution in [2.24, 2.45) is 0 Å². The first-order chi connectivity index (χ1) is 12.7. The average molecular weight is 375 g/mol. The van der Waals surface area contributed by atoms with Crippen molar-refractivity contribution < 1.29 is 24.2 Å². The second kappa shape index (κ2) is 8.30. The molecule has 27 heavy (non-hydrogen) atoms. The molecule has 10 heteroatoms. The molecule has 0 aliphatic carbocycles. The third-order valence-corrected chi connectivity index (χ3v) is 3.40. The Bertz CT molecular complexity index is 859. The Balaban J connectivity index is 2.21. The van der Waals surface area contributed by atoms with E-state index in [0.717, 1.165) is 0 Å². The molecule has 10 nitrogen and oxygen atoms in total. The first kappa shape index (κ1) is 19.9. The third kappa shape index (κ3) is 5.27. The van der Waals surface area contributed by atoms with Gasteiger partial charge in [-0.25, -0.2) is 9.48 Å². The number of carbonyl (C=O) groups is 3. The average Bonchev–Trinajstić information content (AvgIpc) is 3.04. The Labute approximate surface area is 155 Å². The summed E-state index contributed by atoms with van der Waals surface area (Å²) in [6.07, 6.45) is 1.16. The zero-order chi connectivity index (χ0) is 20.1. The predicted molar refractivity (Wildman–Crippen MR) is 95.8 cm³/mol. The molecule has 0 saturated heterocycles. The quantitative estimate of drug-likeness (QED) is 0.742. The zero-order valence-electron chi connectivity index (χ0n) is 15.5. The van der Waals surface area contributed by atoms with Crippen LogP contribution in [0.4, 0.5) is 5.69 Å². The number of hydrogen-bond acceptors (Lipinski definition) is 6. The van der Waals surface area contributed by atoms with E-state index in [1.807, 2.05) is 13.8 Å². The largest absolute Gasteiger partial charge is 0.489 e. The molecule has 0 fully saturated rings. The number of aromatic carboxylic acids is 1. The van der Waals surface area contributed by atoms with Gasteiger partial charge in [0.1, 0.15) is 12.3 Å². The molecule has 0 atom stereocenters. The molecule has 0 aliphatic heterocycles. The SMILES string of the molecule is CC(C)Oc1ccc(C(=O)O)cc1NC(=O)c1cn(CC(=O)N(C)C)nn1. The van der Waals surface area contributed by atoms with Gasteiger partial charge in [0.05, 0.1) is 23.6 Å². The van der Waals surface area contributed by atoms with Crippen LogP contribution in [-0.4, -0.2) is 63.0 Å². The molecular weight excluding hydrogens is 354 g/mol. The van der Waals surface area contributed by atoms with Crippen LogP contribution in [0.1, 0.15) is 34.7 Å². The summed E-state index contributed by atoms with van der Waals surface area (Å²) in [5.74, 6) is -1.60. The van der Waals surface area contributed by atoms with Crippen molar-refractivity contribution in [1.82, 2.24) is 19.9 Å². The van der Waals surface area contributed by atoms with Crippen LogP contribution < -0.4 is 10.1 Å². The number of carboxylic acid groups (broad SMARTS) is 1. The Morgan fingerprint density at radius 3 is 2.59 bits per heavy atom. The number of carbonyl (C=O) groups excluding carboxylic acids is 2. The molecule has 0 aliphatic rings. The second-order valence-corrected chi connectivity index (χ2v) is 6.23. The summed E-state index contributed by atoms with van der Waals surface area (Å²) in [5.41, 5.74) is 0.187. The lowest BCUT2D eigenvalue weighted by Gasteiger charge is -2.15. The van der Waals surface area contributed by atoms with E-state index in [-0.39, 0.29) is 35.5 Å². The molecule has 0 bridgehead atoms. The highest BCUT2D eigenvalue weighted by Gasteiger charge is 2.17. The maximum absolute atomic E-state index is 12.4. The number of nitrogens with zero attached hydrogens (tertiary/aromatic N) is 4. The van der Waals surface area contributed by atoms with Gasteiger partial charge in [-0.05, 0) is 32.0 Å². The summed E-state index contributed by atoms with van der Waals surface area (Å²) < 4.78 is 6.85. The molecule has 1 heterocycles. The van der Waals surface area contributed by atoms with Gasteiger partial charge in [-0.15, -0.1) is 5.10 Å². The number of amides is 2. The highest BCUT2D eigenvalue weighted by Crippen LogP contribution is 2.27. The summed E-state index contributed by atoms with van der Waals surface area (Å²) in [6, 6.07) is 4.17. The number of nitrogens with one attached hydrogen (secondary N) is 1. The van der Waals surface area contributed by atoms with Crippen molar-refractivity contribution in [3.05, 3.63) is 35.7 Å². The zero-order valence-corrected chi connectivity index (χ0v) is 15.5. The minimum atomic E-state index is -1.13. The van der Waals surface area contributed by atoms with Gasteiger partial charge in [-0.3, -0.25) is 9.59 Å². The van der Waals surface area contributed by atoms with E-state index < -0.39 is 11.9 Å². The first-order valence-corrected chi connectivity index (χ1v) is 8.13. The molecule has 2 N–H and O–H groups in total. The topological polar surface area (TPSA) is 127 Å². The normalized spacial score (nSPS) is 10.6. The van der Waals surface area contributed by atoms with E-state index in [4.69, 9.17) is 9.84 Å². The lowest BCUT2D eigenvalue weighted by molar-refractivity contribution is -0.129. The summed E-state index contributed by atoms with van der Waals surface area (Å²) in [7, 11) is 3.22. The van der Waals surface area contributed by atoms with Gasteiger partial charge in [-0.1, -0.05) is 5.21 Å². The van der Waals surface area contributed by atoms with Gasteiger partial charge in [0.2, 0.25) is 5.91 Å². The van der Waals surface area contributed by atoms with Gasteiger partial charge >= 0.3 is 5.97 Å². The number of likely N-dealkylation sites (N-methyl/N-ethyl adjacent to an activating group) is 1. The number of anilines is 1. The first-order valence-electron chi connectivity index (χ1n) is 8.13. The number of benzene rings is 1. The molecule has 2 rings (SSSR count). The summed E-state index contributed by atoms with van der Waals surface area (Å²) in [5, 5.41) is 19.2. The van der Waals surface area contributed by atoms with Crippen LogP contribution in [0, 0.1) is 0 Å². The van der Waals surface area contributed by atoms with E-state index in [2.05, 4.69) is 15.6 Å². The Morgan fingerprint density at radius 2 is 2.00 bits per heavy atom. The van der Waals surface area contributed by atoms with Gasteiger partial charge in [-0.2, -0.15) is 0 Å². The van der Waals surface area contributed by atoms with Crippen LogP contribution in [0.2, 0.25) is 0 Å². The molecule has 0 spiro atoms. The van der Waals surface area contributed by atoms with Crippen molar-refractivity contribution in [2.75, 3.05) is 19.4 Å². The molecule has 2 amide bonds. The minimum absolute atomic E-state index is 0.00152. The van der Waals surface area contributed by atoms with Crippen molar-refractivity contribution in [3.63, 3.8) is 0 Å². The maximum atomic E-state index is 12.4. The molecular formula is C17H21N5O5. The van der Waals surface area contributed by atoms with Crippen molar-refractivity contribution in [3.8, 4) is 5.75 Å². The maximum Gasteiger partial charge on any atom is 0.335 e. The number of ether oxygens (including phenoxy) is 1. The fourth-order valence-corrected chi connectivity index (χ4v) is 2.06. The molecule has 0 radical (unpaired) electrons. The van der Waals surface area contributed by atoms with E-state index >= 15 is 0 Å². The number of rotatable bonds is 7. The fraction of sp³-hybridized carbons (Fsp3) is 0.353. The smallest absolute Gasteiger partial charge is 0.335 e. The summed E-state index contributed by atoms with van der Waals surface area (Å²) >= 11 is 0. The molecule has 2 aromatic rings. The summed E-state index contributed by atoms with van der Waals surface area (Å²) in [6.45, 7) is 3.57. The lowest BCUT2D eigenvalue weighted by Crippen LogP contribution is -2.26. The monoisotopic (exact) mass is 375 g/mol. The van der Waals surface area contributed by atoms with Crippen LogP contribution in [0.3, 0.4) is 0 Å². The standard InChI is InChI=1S/C17H21N5O5/c1-10(2)27-14-6-5-11(17(25)26)7-12(14)18-16(24)13-8-22(20-19-13)9-15(23)21(3)4/h5-8,10H,9H2,1-4H3,(H,18,24)(H,25,26). The lowest BCUT2D eigenvalue weighted by atomic mass is 10.2. The fourth-order valence-electron chi connectivity index (χ4n) is 2.06. The molecule has 1 aromatic heterocycles. The van der Waals surface area contributed by atoms with Gasteiger partial charge in [0.15, 0.2) is 5.69 Å². The Morgan fingerprint density at radius 1 is 1.30 bits per heavy atom. The molecule has 1 aromatic carbocycles. The number of hydrogen-bond donors (Lipinski definition) is 2. The minimum Gasteiger partial charge on any atom is -0.489 e. The van der Waals surface area contributed by atoms with Crippen LogP contribution in [0.5, 0.6) is 5.75 Å². The van der Waals surface area contributed by atoms with E-state index in [1.165, 1.54) is 34.0 Å². The van der Waals surface area contributed by atoms with E-state index in [0.29, 0.717) is 5.75 Å². The van der Waals surface area contributed by atoms with Crippen LogP contribution >= 0.6 is 0 Å². The van der Waals surface area contributed by atoms with Crippen molar-refractivity contribution in [1.29, 1.82) is 0 Å². The van der Waals surface area contributed by atoms with Crippen LogP contribution in [0.25, 0.3) is 0 Å². The van der Waals surface area contributed by atoms with Crippen LogP contribution in [0.15, 0.2) is 24.4 Å². The number of aromatic nitrogens is 3. The van der Waals surface area contributed by atoms with E-state index in [9.17, 15) is 14.4 Å². The highest BCUT2D eigenvalue weighted by atomic mass is 16.5. The van der Waals surface area contributed by atoms with Gasteiger partial charge in [0, 0.05) is 14.1 Å². The van der Waals surface area contributed by atoms with Gasteiger partial charge < -0.3 is 20.1 Å². The molecule has 144 valence electrons. The highest BCUT2D eigenvalue weighted by molar-refractivity contribution is 6.04. The van der Waals surface area contributed by atoms with Gasteiger partial charge in [0.25, 0.3) is 5.91 Å². The Hall–Kier alpha value is -3.43. The van der Waals surface area contributed by atoms with Crippen molar-refractivity contribution in [2.45, 2.75) is 26.5 Å². The third-order valence-electron chi connectivity index (χ3n) is 3.40. The number of carboxylic acids is 1. The molecule has 0 saturated carbocycles. The second-order valence-electron chi connectivity index (χ2n) is 6.23. The molecule has 0 unspecified atom stereocenters.